The van der Waals surface area contributed by atoms with E-state index >= 15 is 0 Å². The standard InChI is InChI=1S/3C4H9.ClH.Mg.Sn.2H/c3*1-3-4-2;;;;;/h3*1,3-4H2,2H3;1H;;;;/q;;;;+2;+1;2*-1/p-1. The van der Waals surface area contributed by atoms with Crippen LogP contribution in [0.4, 0.5) is 0 Å². The molecule has 0 N–H and O–H groups in total. The summed E-state index contributed by atoms with van der Waals surface area (Å²) in [4.78, 5) is 0. The predicted molar refractivity (Wildman–Crippen MR) is 78.7 cm³/mol. The van der Waals surface area contributed by atoms with E-state index in [1.165, 1.54) is 51.8 Å². The van der Waals surface area contributed by atoms with Crippen LogP contribution in [0.25, 0.3) is 0 Å². The van der Waals surface area contributed by atoms with Crippen molar-refractivity contribution in [3.8, 4) is 0 Å². The van der Waals surface area contributed by atoms with Crippen molar-refractivity contribution in [2.24, 2.45) is 0 Å². The molecule has 0 aliphatic rings. The summed E-state index contributed by atoms with van der Waals surface area (Å²) in [6, 6.07) is 0. The van der Waals surface area contributed by atoms with Gasteiger partial charge in [0.2, 0.25) is 0 Å². The summed E-state index contributed by atoms with van der Waals surface area (Å²) < 4.78 is 4.27. The van der Waals surface area contributed by atoms with Gasteiger partial charge in [0.15, 0.2) is 0 Å². The minimum atomic E-state index is -2.09. The van der Waals surface area contributed by atoms with Crippen LogP contribution in [-0.4, -0.2) is 40.3 Å². The van der Waals surface area contributed by atoms with Gasteiger partial charge < -0.3 is 2.85 Å². The molecular weight excluding hydrogens is 323 g/mol. The zero-order valence-corrected chi connectivity index (χ0v) is 16.0. The zero-order valence-electron chi connectivity index (χ0n) is 12.9. The van der Waals surface area contributed by atoms with E-state index in [0.717, 1.165) is 0 Å². The Morgan fingerprint density at radius 3 is 1.27 bits per heavy atom. The zero-order chi connectivity index (χ0) is 10.9. The van der Waals surface area contributed by atoms with Crippen molar-refractivity contribution in [3.05, 3.63) is 0 Å². The molecule has 0 amide bonds. The maximum absolute atomic E-state index is 6.89. The van der Waals surface area contributed by atoms with Crippen LogP contribution in [0, 0.1) is 0 Å². The van der Waals surface area contributed by atoms with Crippen molar-refractivity contribution in [1.82, 2.24) is 0 Å². The Morgan fingerprint density at radius 2 is 1.07 bits per heavy atom. The second-order valence-corrected chi connectivity index (χ2v) is 20.7. The minimum absolute atomic E-state index is 0. The van der Waals surface area contributed by atoms with Crippen molar-refractivity contribution in [2.45, 2.75) is 72.6 Å². The van der Waals surface area contributed by atoms with Gasteiger partial charge in [-0.05, 0) is 0 Å². The number of hydrogen-bond donors (Lipinski definition) is 0. The molecular formula is C12H29ClMgSn. The first-order valence-electron chi connectivity index (χ1n) is 6.37. The number of rotatable bonds is 9. The van der Waals surface area contributed by atoms with Crippen LogP contribution in [0.15, 0.2) is 0 Å². The van der Waals surface area contributed by atoms with Gasteiger partial charge in [-0.15, -0.1) is 0 Å². The molecule has 90 valence electrons. The molecule has 0 aromatic rings. The average Bonchev–Trinajstić information content (AvgIpc) is 2.21. The Hall–Kier alpha value is 1.85. The van der Waals surface area contributed by atoms with Crippen molar-refractivity contribution >= 4 is 49.2 Å². The number of unbranched alkanes of at least 4 members (excludes halogenated alkanes) is 3. The van der Waals surface area contributed by atoms with Crippen LogP contribution >= 0.6 is 8.92 Å². The Labute approximate surface area is 124 Å². The van der Waals surface area contributed by atoms with Crippen molar-refractivity contribution in [2.75, 3.05) is 0 Å². The third kappa shape index (κ3) is 10.7. The fourth-order valence-corrected chi connectivity index (χ4v) is 15.1. The summed E-state index contributed by atoms with van der Waals surface area (Å²) in [5.41, 5.74) is 0. The monoisotopic (exact) mass is 352 g/mol. The molecule has 0 bridgehead atoms. The summed E-state index contributed by atoms with van der Waals surface area (Å²) >= 11 is -2.09. The Balaban J connectivity index is -0.000000282. The van der Waals surface area contributed by atoms with E-state index in [4.69, 9.17) is 8.92 Å². The normalized spacial score (nSPS) is 11.2. The van der Waals surface area contributed by atoms with Crippen molar-refractivity contribution < 1.29 is 2.85 Å². The van der Waals surface area contributed by atoms with Crippen LogP contribution in [0.1, 0.15) is 62.1 Å². The first kappa shape index (κ1) is 19.2. The molecule has 0 fully saturated rings. The summed E-state index contributed by atoms with van der Waals surface area (Å²) in [6.07, 6.45) is 8.12. The molecule has 0 unspecified atom stereocenters. The molecule has 0 rings (SSSR count). The SMILES string of the molecule is CCC[CH2][Sn]([Cl])([CH2]CCC)[CH2]CCC.[H-].[H-].[Mg+2]. The smallest absolute Gasteiger partial charge is 1.00 e. The Morgan fingerprint density at radius 1 is 0.800 bits per heavy atom. The van der Waals surface area contributed by atoms with Gasteiger partial charge in [-0.3, -0.25) is 0 Å². The third-order valence-electron chi connectivity index (χ3n) is 2.94. The maximum Gasteiger partial charge on any atom is 2.00 e. The molecule has 0 saturated carbocycles. The Bertz CT molecular complexity index is 118. The molecule has 0 saturated heterocycles. The minimum Gasteiger partial charge on any atom is -1.00 e. The van der Waals surface area contributed by atoms with E-state index in [9.17, 15) is 0 Å². The predicted octanol–water partition coefficient (Wildman–Crippen LogP) is 5.42. The first-order valence-corrected chi connectivity index (χ1v) is 16.0. The molecule has 0 nitrogen and oxygen atoms in total. The molecule has 0 aliphatic carbocycles. The van der Waals surface area contributed by atoms with Crippen molar-refractivity contribution in [3.63, 3.8) is 0 Å². The first-order chi connectivity index (χ1) is 6.68. The van der Waals surface area contributed by atoms with E-state index < -0.39 is 17.3 Å². The van der Waals surface area contributed by atoms with Gasteiger partial charge in [0.05, 0.1) is 0 Å². The molecule has 0 aromatic carbocycles. The summed E-state index contributed by atoms with van der Waals surface area (Å²) in [6.45, 7) is 6.84. The summed E-state index contributed by atoms with van der Waals surface area (Å²) in [5, 5.41) is 0. The largest absolute Gasteiger partial charge is 2.00 e. The van der Waals surface area contributed by atoms with E-state index in [-0.39, 0.29) is 25.9 Å². The molecule has 0 aliphatic heterocycles. The molecule has 0 heterocycles. The topological polar surface area (TPSA) is 0 Å². The molecule has 3 heteroatoms. The second kappa shape index (κ2) is 12.3. The van der Waals surface area contributed by atoms with E-state index in [1.807, 2.05) is 0 Å². The van der Waals surface area contributed by atoms with Gasteiger partial charge in [0.1, 0.15) is 0 Å². The van der Waals surface area contributed by atoms with Gasteiger partial charge in [-0.25, -0.2) is 0 Å². The van der Waals surface area contributed by atoms with E-state index in [1.54, 1.807) is 0 Å². The maximum atomic E-state index is 6.89. The van der Waals surface area contributed by atoms with E-state index in [0.29, 0.717) is 0 Å². The van der Waals surface area contributed by atoms with Crippen LogP contribution in [0.3, 0.4) is 0 Å². The fourth-order valence-electron chi connectivity index (χ4n) is 1.86. The van der Waals surface area contributed by atoms with Crippen LogP contribution < -0.4 is 0 Å². The molecule has 15 heavy (non-hydrogen) atoms. The summed E-state index contributed by atoms with van der Waals surface area (Å²) in [5.74, 6) is 0. The quantitative estimate of drug-likeness (QED) is 0.487. The summed E-state index contributed by atoms with van der Waals surface area (Å²) in [7, 11) is 6.89. The molecule has 0 radical (unpaired) electrons. The van der Waals surface area contributed by atoms with E-state index in [2.05, 4.69) is 20.8 Å². The Kier molecular flexibility index (Phi) is 15.8. The van der Waals surface area contributed by atoms with Gasteiger partial charge in [-0.1, -0.05) is 0 Å². The molecule has 0 spiro atoms. The van der Waals surface area contributed by atoms with Crippen molar-refractivity contribution in [1.29, 1.82) is 0 Å². The number of halogens is 1. The molecule has 0 atom stereocenters. The van der Waals surface area contributed by atoms with Gasteiger partial charge >= 0.3 is 122 Å². The van der Waals surface area contributed by atoms with Crippen LogP contribution in [0.5, 0.6) is 0 Å². The van der Waals surface area contributed by atoms with Gasteiger partial charge in [0, 0.05) is 0 Å². The average molecular weight is 352 g/mol. The third-order valence-corrected chi connectivity index (χ3v) is 17.4. The molecule has 0 aromatic heterocycles. The second-order valence-electron chi connectivity index (χ2n) is 4.46. The van der Waals surface area contributed by atoms with Crippen LogP contribution in [-0.2, 0) is 0 Å². The van der Waals surface area contributed by atoms with Gasteiger partial charge in [0.25, 0.3) is 0 Å². The number of hydrogen-bond acceptors (Lipinski definition) is 0. The fraction of sp³-hybridized carbons (Fsp3) is 1.00. The van der Waals surface area contributed by atoms with Crippen LogP contribution in [0.2, 0.25) is 13.3 Å². The van der Waals surface area contributed by atoms with Gasteiger partial charge in [-0.2, -0.15) is 0 Å².